The number of benzene rings is 1. The fraction of sp³-hybridized carbons (Fsp3) is 0.364. The van der Waals surface area contributed by atoms with E-state index in [1.54, 1.807) is 0 Å². The first-order valence-electron chi connectivity index (χ1n) is 5.33. The Bertz CT molecular complexity index is 457. The summed E-state index contributed by atoms with van der Waals surface area (Å²) in [6, 6.07) is 2.91. The molecule has 1 atom stereocenters. The van der Waals surface area contributed by atoms with Crippen LogP contribution in [0.15, 0.2) is 12.1 Å². The fourth-order valence-electron chi connectivity index (χ4n) is 1.24. The van der Waals surface area contributed by atoms with Crippen LogP contribution >= 0.6 is 23.2 Å². The van der Waals surface area contributed by atoms with E-state index in [4.69, 9.17) is 28.9 Å². The monoisotopic (exact) mass is 308 g/mol. The molecule has 1 rings (SSSR count). The van der Waals surface area contributed by atoms with Crippen LogP contribution in [0, 0.1) is 0 Å². The van der Waals surface area contributed by atoms with Gasteiger partial charge in [0.15, 0.2) is 0 Å². The molecule has 0 heterocycles. The lowest BCUT2D eigenvalue weighted by Gasteiger charge is -2.07. The Kier molecular flexibility index (Phi) is 5.91. The third-order valence-electron chi connectivity index (χ3n) is 2.28. The zero-order chi connectivity index (χ0) is 13.7. The van der Waals surface area contributed by atoms with Gasteiger partial charge in [-0.1, -0.05) is 30.1 Å². The quantitative estimate of drug-likeness (QED) is 0.818. The number of carbonyl (C=O) groups excluding carboxylic acids is 1. The highest BCUT2D eigenvalue weighted by molar-refractivity contribution is 7.84. The van der Waals surface area contributed by atoms with E-state index < -0.39 is 10.8 Å². The SMILES string of the molecule is CCS(=O)CCNC(=O)c1cc(Cl)c(N)c(Cl)c1. The lowest BCUT2D eigenvalue weighted by Crippen LogP contribution is -2.28. The molecule has 0 fully saturated rings. The van der Waals surface area contributed by atoms with Crippen LogP contribution in [0.4, 0.5) is 5.69 Å². The Hall–Kier alpha value is -0.780. The Labute approximate surface area is 118 Å². The maximum Gasteiger partial charge on any atom is 0.251 e. The number of hydrogen-bond donors (Lipinski definition) is 2. The minimum atomic E-state index is -0.899. The maximum absolute atomic E-state index is 11.8. The number of carbonyl (C=O) groups is 1. The van der Waals surface area contributed by atoms with Crippen molar-refractivity contribution in [1.82, 2.24) is 5.32 Å². The number of nitrogens with two attached hydrogens (primary N) is 1. The van der Waals surface area contributed by atoms with Crippen molar-refractivity contribution in [3.8, 4) is 0 Å². The Morgan fingerprint density at radius 1 is 1.39 bits per heavy atom. The highest BCUT2D eigenvalue weighted by Crippen LogP contribution is 2.28. The summed E-state index contributed by atoms with van der Waals surface area (Å²) in [6.07, 6.45) is 0. The van der Waals surface area contributed by atoms with Crippen LogP contribution in [-0.2, 0) is 10.8 Å². The van der Waals surface area contributed by atoms with Crippen LogP contribution in [0.1, 0.15) is 17.3 Å². The minimum absolute atomic E-state index is 0.241. The number of amides is 1. The predicted octanol–water partition coefficient (Wildman–Crippen LogP) is 2.07. The molecule has 1 aromatic rings. The second-order valence-electron chi connectivity index (χ2n) is 3.54. The number of nitrogens with one attached hydrogen (secondary N) is 1. The molecular formula is C11H14Cl2N2O2S. The Morgan fingerprint density at radius 3 is 2.44 bits per heavy atom. The highest BCUT2D eigenvalue weighted by atomic mass is 35.5. The molecule has 0 spiro atoms. The van der Waals surface area contributed by atoms with Crippen molar-refractivity contribution in [3.05, 3.63) is 27.7 Å². The summed E-state index contributed by atoms with van der Waals surface area (Å²) >= 11 is 11.7. The molecule has 0 bridgehead atoms. The normalized spacial score (nSPS) is 12.2. The van der Waals surface area contributed by atoms with Gasteiger partial charge in [-0.2, -0.15) is 0 Å². The minimum Gasteiger partial charge on any atom is -0.396 e. The number of halogens is 2. The van der Waals surface area contributed by atoms with Gasteiger partial charge in [0.05, 0.1) is 15.7 Å². The van der Waals surface area contributed by atoms with Gasteiger partial charge < -0.3 is 11.1 Å². The van der Waals surface area contributed by atoms with E-state index in [-0.39, 0.29) is 21.6 Å². The third kappa shape index (κ3) is 4.15. The van der Waals surface area contributed by atoms with Crippen molar-refractivity contribution in [3.63, 3.8) is 0 Å². The van der Waals surface area contributed by atoms with Gasteiger partial charge in [-0.25, -0.2) is 0 Å². The number of nitrogen functional groups attached to an aromatic ring is 1. The highest BCUT2D eigenvalue weighted by Gasteiger charge is 2.11. The summed E-state index contributed by atoms with van der Waals surface area (Å²) in [5.41, 5.74) is 6.16. The molecule has 1 aromatic carbocycles. The summed E-state index contributed by atoms with van der Waals surface area (Å²) < 4.78 is 11.2. The van der Waals surface area contributed by atoms with E-state index >= 15 is 0 Å². The zero-order valence-corrected chi connectivity index (χ0v) is 12.2. The lowest BCUT2D eigenvalue weighted by atomic mass is 10.2. The fourth-order valence-corrected chi connectivity index (χ4v) is 2.35. The van der Waals surface area contributed by atoms with E-state index in [1.165, 1.54) is 12.1 Å². The van der Waals surface area contributed by atoms with Crippen molar-refractivity contribution < 1.29 is 9.00 Å². The molecule has 0 saturated carbocycles. The average molecular weight is 309 g/mol. The van der Waals surface area contributed by atoms with Gasteiger partial charge in [-0.15, -0.1) is 0 Å². The summed E-state index contributed by atoms with van der Waals surface area (Å²) in [4.78, 5) is 11.8. The van der Waals surface area contributed by atoms with Crippen LogP contribution in [0.25, 0.3) is 0 Å². The summed E-state index contributed by atoms with van der Waals surface area (Å²) in [7, 11) is -0.899. The molecular weight excluding hydrogens is 295 g/mol. The van der Waals surface area contributed by atoms with Crippen LogP contribution in [0.2, 0.25) is 10.0 Å². The average Bonchev–Trinajstić information content (AvgIpc) is 2.34. The number of rotatable bonds is 5. The van der Waals surface area contributed by atoms with Crippen LogP contribution in [0.5, 0.6) is 0 Å². The standard InChI is InChI=1S/C11H14Cl2N2O2S/c1-2-18(17)4-3-15-11(16)7-5-8(12)10(14)9(13)6-7/h5-6H,2-4,14H2,1H3,(H,15,16). The largest absolute Gasteiger partial charge is 0.396 e. The van der Waals surface area contributed by atoms with E-state index in [2.05, 4.69) is 5.32 Å². The number of anilines is 1. The molecule has 18 heavy (non-hydrogen) atoms. The van der Waals surface area contributed by atoms with Crippen molar-refractivity contribution in [2.45, 2.75) is 6.92 Å². The molecule has 0 aliphatic heterocycles. The summed E-state index contributed by atoms with van der Waals surface area (Å²) in [5, 5.41) is 3.13. The first-order valence-corrected chi connectivity index (χ1v) is 7.57. The van der Waals surface area contributed by atoms with Crippen LogP contribution in [-0.4, -0.2) is 28.2 Å². The first kappa shape index (κ1) is 15.3. The topological polar surface area (TPSA) is 72.2 Å². The number of hydrogen-bond acceptors (Lipinski definition) is 3. The van der Waals surface area contributed by atoms with Gasteiger partial charge in [-0.05, 0) is 12.1 Å². The van der Waals surface area contributed by atoms with Gasteiger partial charge in [0.1, 0.15) is 0 Å². The van der Waals surface area contributed by atoms with Crippen molar-refractivity contribution in [2.75, 3.05) is 23.8 Å². The van der Waals surface area contributed by atoms with Gasteiger partial charge in [0, 0.05) is 34.4 Å². The second kappa shape index (κ2) is 6.97. The van der Waals surface area contributed by atoms with E-state index in [0.29, 0.717) is 23.6 Å². The summed E-state index contributed by atoms with van der Waals surface area (Å²) in [6.45, 7) is 2.18. The van der Waals surface area contributed by atoms with Gasteiger partial charge in [0.2, 0.25) is 0 Å². The lowest BCUT2D eigenvalue weighted by molar-refractivity contribution is 0.0956. The van der Waals surface area contributed by atoms with E-state index in [9.17, 15) is 9.00 Å². The maximum atomic E-state index is 11.8. The van der Waals surface area contributed by atoms with Gasteiger partial charge in [0.25, 0.3) is 5.91 Å². The molecule has 7 heteroatoms. The van der Waals surface area contributed by atoms with E-state index in [0.717, 1.165) is 0 Å². The Balaban J connectivity index is 2.65. The molecule has 0 aliphatic carbocycles. The smallest absolute Gasteiger partial charge is 0.251 e. The first-order chi connectivity index (χ1) is 8.45. The molecule has 100 valence electrons. The molecule has 0 radical (unpaired) electrons. The summed E-state index contributed by atoms with van der Waals surface area (Å²) in [5.74, 6) is 0.695. The van der Waals surface area contributed by atoms with Gasteiger partial charge >= 0.3 is 0 Å². The third-order valence-corrected chi connectivity index (χ3v) is 4.21. The predicted molar refractivity (Wildman–Crippen MR) is 76.8 cm³/mol. The molecule has 0 aliphatic rings. The van der Waals surface area contributed by atoms with Crippen LogP contribution in [0.3, 0.4) is 0 Å². The second-order valence-corrected chi connectivity index (χ2v) is 6.22. The van der Waals surface area contributed by atoms with Crippen molar-refractivity contribution >= 4 is 45.6 Å². The van der Waals surface area contributed by atoms with Crippen LogP contribution < -0.4 is 11.1 Å². The molecule has 4 nitrogen and oxygen atoms in total. The molecule has 0 saturated heterocycles. The Morgan fingerprint density at radius 2 is 1.94 bits per heavy atom. The molecule has 3 N–H and O–H groups in total. The van der Waals surface area contributed by atoms with E-state index in [1.807, 2.05) is 6.92 Å². The molecule has 0 aromatic heterocycles. The zero-order valence-electron chi connectivity index (χ0n) is 9.83. The molecule has 1 amide bonds. The van der Waals surface area contributed by atoms with Crippen molar-refractivity contribution in [2.24, 2.45) is 0 Å². The van der Waals surface area contributed by atoms with Crippen molar-refractivity contribution in [1.29, 1.82) is 0 Å². The molecule has 1 unspecified atom stereocenters. The van der Waals surface area contributed by atoms with Gasteiger partial charge in [-0.3, -0.25) is 9.00 Å².